The van der Waals surface area contributed by atoms with Gasteiger partial charge < -0.3 is 9.64 Å². The zero-order chi connectivity index (χ0) is 23.6. The summed E-state index contributed by atoms with van der Waals surface area (Å²) in [4.78, 5) is 46.1. The number of ether oxygens (including phenoxy) is 1. The molecule has 1 aliphatic heterocycles. The lowest BCUT2D eigenvalue weighted by Gasteiger charge is -2.31. The lowest BCUT2D eigenvalue weighted by molar-refractivity contribution is 0.0220. The Kier molecular flexibility index (Phi) is 6.05. The summed E-state index contributed by atoms with van der Waals surface area (Å²) in [5, 5.41) is 0. The summed E-state index contributed by atoms with van der Waals surface area (Å²) in [6.45, 7) is 6.33. The van der Waals surface area contributed by atoms with Gasteiger partial charge in [0.25, 0.3) is 0 Å². The minimum Gasteiger partial charge on any atom is -0.444 e. The van der Waals surface area contributed by atoms with Crippen LogP contribution in [0, 0.1) is 0 Å². The van der Waals surface area contributed by atoms with Crippen molar-refractivity contribution in [2.24, 2.45) is 0 Å². The predicted molar refractivity (Wildman–Crippen MR) is 124 cm³/mol. The molecule has 2 heterocycles. The van der Waals surface area contributed by atoms with Crippen molar-refractivity contribution < 1.29 is 19.1 Å². The Balaban J connectivity index is 1.78. The first-order valence-corrected chi connectivity index (χ1v) is 10.8. The number of aromatic nitrogens is 2. The van der Waals surface area contributed by atoms with Crippen molar-refractivity contribution in [3.05, 3.63) is 70.9 Å². The second kappa shape index (κ2) is 8.94. The Labute approximate surface area is 192 Å². The van der Waals surface area contributed by atoms with Crippen molar-refractivity contribution in [3.8, 4) is 22.6 Å². The number of benzene rings is 2. The number of rotatable bonds is 4. The van der Waals surface area contributed by atoms with Crippen molar-refractivity contribution in [1.29, 1.82) is 0 Å². The van der Waals surface area contributed by atoms with E-state index in [9.17, 15) is 14.4 Å². The molecule has 0 radical (unpaired) electrons. The molecule has 0 aliphatic carbocycles. The van der Waals surface area contributed by atoms with Gasteiger partial charge in [-0.05, 0) is 27.2 Å². The standard InChI is InChI=1S/C26H25N3O4/c1-26(2,3)33-25(32)29-13-12-21-22(14-29)27-24(20-10-6-18(16-31)7-11-20)28-23(21)19-8-4-17(15-30)5-9-19/h4-11,15-16H,12-14H2,1-3H3. The fourth-order valence-electron chi connectivity index (χ4n) is 3.71. The van der Waals surface area contributed by atoms with E-state index in [4.69, 9.17) is 14.7 Å². The van der Waals surface area contributed by atoms with Gasteiger partial charge in [-0.15, -0.1) is 0 Å². The van der Waals surface area contributed by atoms with Crippen molar-refractivity contribution >= 4 is 18.7 Å². The highest BCUT2D eigenvalue weighted by Gasteiger charge is 2.29. The van der Waals surface area contributed by atoms with Crippen LogP contribution >= 0.6 is 0 Å². The molecule has 1 aromatic heterocycles. The molecule has 7 nitrogen and oxygen atoms in total. The van der Waals surface area contributed by atoms with Crippen LogP contribution in [-0.2, 0) is 17.7 Å². The van der Waals surface area contributed by atoms with Crippen molar-refractivity contribution in [3.63, 3.8) is 0 Å². The van der Waals surface area contributed by atoms with Crippen LogP contribution in [0.2, 0.25) is 0 Å². The first-order valence-electron chi connectivity index (χ1n) is 10.8. The summed E-state index contributed by atoms with van der Waals surface area (Å²) in [5.74, 6) is 0.506. The third-order valence-corrected chi connectivity index (χ3v) is 5.34. The number of fused-ring (bicyclic) bond motifs is 1. The highest BCUT2D eigenvalue weighted by molar-refractivity contribution is 5.78. The lowest BCUT2D eigenvalue weighted by atomic mass is 9.97. The number of amides is 1. The van der Waals surface area contributed by atoms with Gasteiger partial charge in [-0.25, -0.2) is 14.8 Å². The molecule has 0 atom stereocenters. The largest absolute Gasteiger partial charge is 0.444 e. The zero-order valence-corrected chi connectivity index (χ0v) is 18.9. The van der Waals surface area contributed by atoms with E-state index < -0.39 is 5.60 Å². The molecule has 1 aliphatic rings. The van der Waals surface area contributed by atoms with Crippen molar-refractivity contribution in [2.75, 3.05) is 6.54 Å². The number of hydrogen-bond donors (Lipinski definition) is 0. The molecule has 7 heteroatoms. The van der Waals surface area contributed by atoms with Crippen LogP contribution in [-0.4, -0.2) is 45.7 Å². The Hall–Kier alpha value is -3.87. The van der Waals surface area contributed by atoms with Crippen LogP contribution < -0.4 is 0 Å². The summed E-state index contributed by atoms with van der Waals surface area (Å²) in [6, 6.07) is 14.3. The molecule has 0 unspecified atom stereocenters. The number of carbonyl (C=O) groups excluding carboxylic acids is 3. The molecule has 4 rings (SSSR count). The maximum Gasteiger partial charge on any atom is 0.410 e. The van der Waals surface area contributed by atoms with E-state index in [2.05, 4.69) is 0 Å². The molecular formula is C26H25N3O4. The molecule has 33 heavy (non-hydrogen) atoms. The molecule has 0 saturated carbocycles. The van der Waals surface area contributed by atoms with Gasteiger partial charge in [-0.1, -0.05) is 48.5 Å². The Morgan fingerprint density at radius 1 is 0.909 bits per heavy atom. The van der Waals surface area contributed by atoms with Crippen molar-refractivity contribution in [1.82, 2.24) is 14.9 Å². The highest BCUT2D eigenvalue weighted by Crippen LogP contribution is 2.31. The summed E-state index contributed by atoms with van der Waals surface area (Å²) < 4.78 is 5.55. The minimum atomic E-state index is -0.583. The first kappa shape index (κ1) is 22.3. The van der Waals surface area contributed by atoms with Gasteiger partial charge in [0.05, 0.1) is 17.9 Å². The fourth-order valence-corrected chi connectivity index (χ4v) is 3.71. The van der Waals surface area contributed by atoms with Gasteiger partial charge in [-0.3, -0.25) is 9.59 Å². The number of carbonyl (C=O) groups is 3. The van der Waals surface area contributed by atoms with E-state index in [-0.39, 0.29) is 6.09 Å². The summed E-state index contributed by atoms with van der Waals surface area (Å²) in [7, 11) is 0. The van der Waals surface area contributed by atoms with Gasteiger partial charge in [0.1, 0.15) is 18.2 Å². The zero-order valence-electron chi connectivity index (χ0n) is 18.9. The van der Waals surface area contributed by atoms with Gasteiger partial charge >= 0.3 is 6.09 Å². The van der Waals surface area contributed by atoms with Crippen LogP contribution in [0.3, 0.4) is 0 Å². The average molecular weight is 444 g/mol. The number of aldehydes is 2. The Morgan fingerprint density at radius 2 is 1.48 bits per heavy atom. The second-order valence-electron chi connectivity index (χ2n) is 8.95. The SMILES string of the molecule is CC(C)(C)OC(=O)N1CCc2c(nc(-c3ccc(C=O)cc3)nc2-c2ccc(C=O)cc2)C1. The molecular weight excluding hydrogens is 418 g/mol. The quantitative estimate of drug-likeness (QED) is 0.542. The minimum absolute atomic E-state index is 0.311. The summed E-state index contributed by atoms with van der Waals surface area (Å²) >= 11 is 0. The maximum atomic E-state index is 12.7. The van der Waals surface area contributed by atoms with Crippen LogP contribution in [0.4, 0.5) is 4.79 Å². The molecule has 0 fully saturated rings. The van der Waals surface area contributed by atoms with E-state index in [1.54, 1.807) is 41.3 Å². The van der Waals surface area contributed by atoms with Crippen LogP contribution in [0.5, 0.6) is 0 Å². The second-order valence-corrected chi connectivity index (χ2v) is 8.95. The molecule has 1 amide bonds. The third-order valence-electron chi connectivity index (χ3n) is 5.34. The summed E-state index contributed by atoms with van der Waals surface area (Å²) in [5.41, 5.74) is 4.71. The monoisotopic (exact) mass is 443 g/mol. The maximum absolute atomic E-state index is 12.7. The van der Waals surface area contributed by atoms with Crippen molar-refractivity contribution in [2.45, 2.75) is 39.3 Å². The van der Waals surface area contributed by atoms with Gasteiger partial charge in [-0.2, -0.15) is 0 Å². The third kappa shape index (κ3) is 4.98. The molecule has 0 spiro atoms. The molecule has 0 bridgehead atoms. The van der Waals surface area contributed by atoms with Gasteiger partial charge in [0.15, 0.2) is 5.82 Å². The van der Waals surface area contributed by atoms with Gasteiger partial charge in [0, 0.05) is 34.4 Å². The molecule has 3 aromatic rings. The van der Waals surface area contributed by atoms with E-state index >= 15 is 0 Å². The van der Waals surface area contributed by atoms with Gasteiger partial charge in [0.2, 0.25) is 0 Å². The normalized spacial score (nSPS) is 13.2. The van der Waals surface area contributed by atoms with E-state index in [1.165, 1.54) is 0 Å². The smallest absolute Gasteiger partial charge is 0.410 e. The first-order chi connectivity index (χ1) is 15.8. The van der Waals surface area contributed by atoms with E-state index in [0.29, 0.717) is 36.5 Å². The molecule has 0 saturated heterocycles. The summed E-state index contributed by atoms with van der Waals surface area (Å²) in [6.07, 6.45) is 1.80. The van der Waals surface area contributed by atoms with Crippen LogP contribution in [0.25, 0.3) is 22.6 Å². The number of nitrogens with zero attached hydrogens (tertiary/aromatic N) is 3. The molecule has 168 valence electrons. The van der Waals surface area contributed by atoms with E-state index in [1.807, 2.05) is 32.9 Å². The number of hydrogen-bond acceptors (Lipinski definition) is 6. The fraction of sp³-hybridized carbons (Fsp3) is 0.269. The molecule has 0 N–H and O–H groups in total. The Bertz CT molecular complexity index is 1200. The highest BCUT2D eigenvalue weighted by atomic mass is 16.6. The van der Waals surface area contributed by atoms with Crippen LogP contribution in [0.15, 0.2) is 48.5 Å². The average Bonchev–Trinajstić information content (AvgIpc) is 2.82. The Morgan fingerprint density at radius 3 is 2.03 bits per heavy atom. The topological polar surface area (TPSA) is 89.5 Å². The lowest BCUT2D eigenvalue weighted by Crippen LogP contribution is -2.40. The predicted octanol–water partition coefficient (Wildman–Crippen LogP) is 4.73. The molecule has 2 aromatic carbocycles. The van der Waals surface area contributed by atoms with E-state index in [0.717, 1.165) is 40.7 Å². The van der Waals surface area contributed by atoms with Crippen LogP contribution in [0.1, 0.15) is 52.7 Å².